The van der Waals surface area contributed by atoms with Gasteiger partial charge in [0.25, 0.3) is 5.69 Å². The third-order valence-corrected chi connectivity index (χ3v) is 1.62. The van der Waals surface area contributed by atoms with Gasteiger partial charge in [0.1, 0.15) is 5.82 Å². The number of halogens is 1. The maximum Gasteiger partial charge on any atom is 0.275 e. The van der Waals surface area contributed by atoms with Crippen LogP contribution in [-0.2, 0) is 6.42 Å². The lowest BCUT2D eigenvalue weighted by Crippen LogP contribution is -1.94. The summed E-state index contributed by atoms with van der Waals surface area (Å²) < 4.78 is 12.5. The average Bonchev–Trinajstić information content (AvgIpc) is 2.04. The molecule has 1 aromatic carbocycles. The summed E-state index contributed by atoms with van der Waals surface area (Å²) in [7, 11) is 0. The van der Waals surface area contributed by atoms with E-state index in [9.17, 15) is 14.5 Å². The van der Waals surface area contributed by atoms with Crippen molar-refractivity contribution in [1.29, 1.82) is 0 Å². The van der Waals surface area contributed by atoms with Crippen molar-refractivity contribution in [3.05, 3.63) is 39.7 Å². The van der Waals surface area contributed by atoms with Gasteiger partial charge in [-0.05, 0) is 18.6 Å². The minimum atomic E-state index is -0.570. The summed E-state index contributed by atoms with van der Waals surface area (Å²) in [5, 5.41) is 10.4. The Kier molecular flexibility index (Phi) is 2.38. The van der Waals surface area contributed by atoms with E-state index in [0.717, 1.165) is 6.07 Å². The summed E-state index contributed by atoms with van der Waals surface area (Å²) in [5.41, 5.74) is 0.416. The van der Waals surface area contributed by atoms with E-state index in [2.05, 4.69) is 0 Å². The molecule has 0 spiro atoms. The zero-order chi connectivity index (χ0) is 9.14. The Bertz CT molecular complexity index is 312. The van der Waals surface area contributed by atoms with Gasteiger partial charge < -0.3 is 0 Å². The van der Waals surface area contributed by atoms with Crippen LogP contribution in [0.4, 0.5) is 10.1 Å². The van der Waals surface area contributed by atoms with Gasteiger partial charge in [-0.25, -0.2) is 4.39 Å². The van der Waals surface area contributed by atoms with Crippen LogP contribution in [0.3, 0.4) is 0 Å². The van der Waals surface area contributed by atoms with Gasteiger partial charge in [0.05, 0.1) is 11.0 Å². The van der Waals surface area contributed by atoms with Gasteiger partial charge in [-0.15, -0.1) is 0 Å². The van der Waals surface area contributed by atoms with E-state index in [1.165, 1.54) is 12.1 Å². The number of aryl methyl sites for hydroxylation is 1. The standard InChI is InChI=1S/C8H8FNO2/c1-2-6-3-4-7(9)5-8(6)10(11)12/h3-5H,2H2,1H3. The van der Waals surface area contributed by atoms with Crippen molar-refractivity contribution >= 4 is 5.69 Å². The smallest absolute Gasteiger partial charge is 0.258 e. The molecule has 0 N–H and O–H groups in total. The summed E-state index contributed by atoms with van der Waals surface area (Å²) in [4.78, 5) is 9.80. The van der Waals surface area contributed by atoms with Crippen molar-refractivity contribution in [3.8, 4) is 0 Å². The number of benzene rings is 1. The monoisotopic (exact) mass is 169 g/mol. The highest BCUT2D eigenvalue weighted by atomic mass is 19.1. The summed E-state index contributed by atoms with van der Waals surface area (Å²) >= 11 is 0. The molecule has 0 atom stereocenters. The van der Waals surface area contributed by atoms with Gasteiger partial charge in [-0.2, -0.15) is 0 Å². The molecule has 0 bridgehead atoms. The maximum absolute atomic E-state index is 12.5. The molecule has 0 radical (unpaired) electrons. The van der Waals surface area contributed by atoms with Crippen molar-refractivity contribution in [2.24, 2.45) is 0 Å². The lowest BCUT2D eigenvalue weighted by molar-refractivity contribution is -0.385. The highest BCUT2D eigenvalue weighted by Gasteiger charge is 2.12. The predicted molar refractivity (Wildman–Crippen MR) is 42.4 cm³/mol. The zero-order valence-electron chi connectivity index (χ0n) is 6.58. The second-order valence-electron chi connectivity index (χ2n) is 2.38. The largest absolute Gasteiger partial charge is 0.275 e. The number of hydrogen-bond donors (Lipinski definition) is 0. The molecule has 0 saturated heterocycles. The molecule has 64 valence electrons. The predicted octanol–water partition coefficient (Wildman–Crippen LogP) is 2.30. The third-order valence-electron chi connectivity index (χ3n) is 1.62. The molecule has 1 rings (SSSR count). The molecule has 3 nitrogen and oxygen atoms in total. The molecule has 0 amide bonds. The molecular formula is C8H8FNO2. The van der Waals surface area contributed by atoms with Crippen molar-refractivity contribution < 1.29 is 9.31 Å². The van der Waals surface area contributed by atoms with Crippen molar-refractivity contribution in [1.82, 2.24) is 0 Å². The Hall–Kier alpha value is -1.45. The second-order valence-corrected chi connectivity index (χ2v) is 2.38. The minimum Gasteiger partial charge on any atom is -0.258 e. The summed E-state index contributed by atoms with van der Waals surface area (Å²) in [6.07, 6.45) is 0.538. The third kappa shape index (κ3) is 1.58. The van der Waals surface area contributed by atoms with Crippen LogP contribution in [-0.4, -0.2) is 4.92 Å². The van der Waals surface area contributed by atoms with Crippen LogP contribution in [0, 0.1) is 15.9 Å². The van der Waals surface area contributed by atoms with E-state index in [-0.39, 0.29) is 5.69 Å². The zero-order valence-corrected chi connectivity index (χ0v) is 6.58. The Morgan fingerprint density at radius 1 is 1.58 bits per heavy atom. The molecule has 4 heteroatoms. The van der Waals surface area contributed by atoms with E-state index in [4.69, 9.17) is 0 Å². The molecule has 0 unspecified atom stereocenters. The lowest BCUT2D eigenvalue weighted by Gasteiger charge is -1.98. The van der Waals surface area contributed by atoms with Crippen LogP contribution in [0.25, 0.3) is 0 Å². The van der Waals surface area contributed by atoms with Crippen LogP contribution in [0.15, 0.2) is 18.2 Å². The van der Waals surface area contributed by atoms with Crippen LogP contribution in [0.5, 0.6) is 0 Å². The normalized spacial score (nSPS) is 9.83. The molecular weight excluding hydrogens is 161 g/mol. The molecule has 0 fully saturated rings. The first kappa shape index (κ1) is 8.64. The second kappa shape index (κ2) is 3.30. The van der Waals surface area contributed by atoms with Crippen LogP contribution in [0.1, 0.15) is 12.5 Å². The number of nitro benzene ring substituents is 1. The SMILES string of the molecule is CCc1ccc(F)cc1[N+](=O)[O-]. The van der Waals surface area contributed by atoms with E-state index in [1.54, 1.807) is 6.92 Å². The van der Waals surface area contributed by atoms with E-state index < -0.39 is 10.7 Å². The molecule has 0 saturated carbocycles. The topological polar surface area (TPSA) is 43.1 Å². The van der Waals surface area contributed by atoms with Crippen molar-refractivity contribution in [2.45, 2.75) is 13.3 Å². The fraction of sp³-hybridized carbons (Fsp3) is 0.250. The van der Waals surface area contributed by atoms with Gasteiger partial charge in [0.15, 0.2) is 0 Å². The molecule has 0 heterocycles. The number of nitro groups is 1. The Balaban J connectivity index is 3.21. The first-order valence-electron chi connectivity index (χ1n) is 3.58. The van der Waals surface area contributed by atoms with Gasteiger partial charge in [-0.1, -0.05) is 6.92 Å². The molecule has 0 aliphatic heterocycles. The van der Waals surface area contributed by atoms with Crippen LogP contribution >= 0.6 is 0 Å². The van der Waals surface area contributed by atoms with Gasteiger partial charge in [-0.3, -0.25) is 10.1 Å². The number of rotatable bonds is 2. The highest BCUT2D eigenvalue weighted by molar-refractivity contribution is 5.40. The molecule has 1 aromatic rings. The van der Waals surface area contributed by atoms with E-state index in [1.807, 2.05) is 0 Å². The van der Waals surface area contributed by atoms with Gasteiger partial charge in [0.2, 0.25) is 0 Å². The quantitative estimate of drug-likeness (QED) is 0.503. The molecule has 0 aliphatic rings. The van der Waals surface area contributed by atoms with Crippen LogP contribution < -0.4 is 0 Å². The Morgan fingerprint density at radius 3 is 2.75 bits per heavy atom. The van der Waals surface area contributed by atoms with E-state index in [0.29, 0.717) is 12.0 Å². The van der Waals surface area contributed by atoms with Gasteiger partial charge in [0, 0.05) is 5.56 Å². The lowest BCUT2D eigenvalue weighted by atomic mass is 10.1. The summed E-state index contributed by atoms with van der Waals surface area (Å²) in [6.45, 7) is 1.79. The Morgan fingerprint density at radius 2 is 2.25 bits per heavy atom. The highest BCUT2D eigenvalue weighted by Crippen LogP contribution is 2.19. The Labute approximate surface area is 69.0 Å². The van der Waals surface area contributed by atoms with Gasteiger partial charge >= 0.3 is 0 Å². The fourth-order valence-electron chi connectivity index (χ4n) is 1.01. The van der Waals surface area contributed by atoms with Crippen LogP contribution in [0.2, 0.25) is 0 Å². The van der Waals surface area contributed by atoms with Crippen molar-refractivity contribution in [2.75, 3.05) is 0 Å². The van der Waals surface area contributed by atoms with E-state index >= 15 is 0 Å². The average molecular weight is 169 g/mol. The van der Waals surface area contributed by atoms with Crippen molar-refractivity contribution in [3.63, 3.8) is 0 Å². The number of nitrogens with zero attached hydrogens (tertiary/aromatic N) is 1. The minimum absolute atomic E-state index is 0.141. The molecule has 0 aromatic heterocycles. The number of hydrogen-bond acceptors (Lipinski definition) is 2. The fourth-order valence-corrected chi connectivity index (χ4v) is 1.01. The maximum atomic E-state index is 12.5. The first-order chi connectivity index (χ1) is 5.65. The summed E-state index contributed by atoms with van der Waals surface area (Å²) in [5.74, 6) is -0.570. The molecule has 12 heavy (non-hydrogen) atoms. The molecule has 0 aliphatic carbocycles. The summed E-state index contributed by atoms with van der Waals surface area (Å²) in [6, 6.07) is 3.61. The first-order valence-corrected chi connectivity index (χ1v) is 3.58.